The first-order valence-electron chi connectivity index (χ1n) is 8.04. The smallest absolute Gasteiger partial charge is 0.279 e. The van der Waals surface area contributed by atoms with Crippen LogP contribution in [0.5, 0.6) is 5.75 Å². The molecule has 2 aromatic carbocycles. The highest BCUT2D eigenvalue weighted by Crippen LogP contribution is 2.23. The lowest BCUT2D eigenvalue weighted by Crippen LogP contribution is -2.17. The number of nitrogens with zero attached hydrogens (tertiary/aromatic N) is 3. The summed E-state index contributed by atoms with van der Waals surface area (Å²) in [4.78, 5) is 27.7. The van der Waals surface area contributed by atoms with Crippen LogP contribution in [0.25, 0.3) is 10.2 Å². The van der Waals surface area contributed by atoms with Crippen molar-refractivity contribution >= 4 is 33.1 Å². The van der Waals surface area contributed by atoms with Gasteiger partial charge < -0.3 is 9.30 Å². The molecule has 0 bridgehead atoms. The lowest BCUT2D eigenvalue weighted by Gasteiger charge is -2.04. The zero-order valence-electron chi connectivity index (χ0n) is 14.3. The Morgan fingerprint density at radius 3 is 2.81 bits per heavy atom. The van der Waals surface area contributed by atoms with Gasteiger partial charge >= 0.3 is 0 Å². The number of benzene rings is 2. The Hall–Kier alpha value is -3.00. The molecule has 0 unspecified atom stereocenters. The number of carbonyl (C=O) groups excluding carboxylic acids is 1. The molecule has 8 heteroatoms. The Kier molecular flexibility index (Phi) is 5.13. The van der Waals surface area contributed by atoms with Crippen molar-refractivity contribution in [2.45, 2.75) is 19.9 Å². The maximum atomic E-state index is 12.5. The summed E-state index contributed by atoms with van der Waals surface area (Å²) in [5.74, 6) is 0.230. The molecule has 134 valence electrons. The number of rotatable bonds is 5. The Bertz CT molecular complexity index is 1050. The SMILES string of the molecule is CCCn1c(=NC(=O)c2cccc([N+](=O)[O-])c2)sc2ccc(OC)cc21. The van der Waals surface area contributed by atoms with Gasteiger partial charge in [0.2, 0.25) is 0 Å². The number of hydrogen-bond donors (Lipinski definition) is 0. The van der Waals surface area contributed by atoms with Crippen LogP contribution in [-0.2, 0) is 6.54 Å². The minimum Gasteiger partial charge on any atom is -0.497 e. The summed E-state index contributed by atoms with van der Waals surface area (Å²) in [6, 6.07) is 11.3. The Morgan fingerprint density at radius 2 is 2.12 bits per heavy atom. The fourth-order valence-corrected chi connectivity index (χ4v) is 3.64. The molecule has 0 aliphatic heterocycles. The van der Waals surface area contributed by atoms with Gasteiger partial charge in [0.1, 0.15) is 5.75 Å². The van der Waals surface area contributed by atoms with E-state index in [2.05, 4.69) is 4.99 Å². The fourth-order valence-electron chi connectivity index (χ4n) is 2.60. The highest BCUT2D eigenvalue weighted by atomic mass is 32.1. The Labute approximate surface area is 153 Å². The molecular weight excluding hydrogens is 354 g/mol. The van der Waals surface area contributed by atoms with Gasteiger partial charge in [-0.05, 0) is 24.6 Å². The molecule has 0 atom stereocenters. The van der Waals surface area contributed by atoms with Crippen LogP contribution < -0.4 is 9.54 Å². The zero-order chi connectivity index (χ0) is 18.7. The normalized spacial score (nSPS) is 11.7. The number of ether oxygens (including phenoxy) is 1. The second kappa shape index (κ2) is 7.49. The molecule has 0 aliphatic rings. The van der Waals surface area contributed by atoms with E-state index in [0.717, 1.165) is 22.4 Å². The van der Waals surface area contributed by atoms with E-state index in [1.54, 1.807) is 7.11 Å². The van der Waals surface area contributed by atoms with Crippen LogP contribution in [0, 0.1) is 10.1 Å². The van der Waals surface area contributed by atoms with Crippen molar-refractivity contribution < 1.29 is 14.5 Å². The second-order valence-corrected chi connectivity index (χ2v) is 6.60. The molecule has 0 aliphatic carbocycles. The summed E-state index contributed by atoms with van der Waals surface area (Å²) >= 11 is 1.40. The summed E-state index contributed by atoms with van der Waals surface area (Å²) in [5.41, 5.74) is 1.01. The van der Waals surface area contributed by atoms with E-state index < -0.39 is 10.8 Å². The molecule has 0 spiro atoms. The van der Waals surface area contributed by atoms with Crippen LogP contribution in [0.2, 0.25) is 0 Å². The first-order chi connectivity index (χ1) is 12.5. The van der Waals surface area contributed by atoms with Crippen LogP contribution >= 0.6 is 11.3 Å². The second-order valence-electron chi connectivity index (χ2n) is 5.59. The highest BCUT2D eigenvalue weighted by Gasteiger charge is 2.13. The number of aromatic nitrogens is 1. The van der Waals surface area contributed by atoms with Crippen LogP contribution in [0.15, 0.2) is 47.5 Å². The van der Waals surface area contributed by atoms with Gasteiger partial charge in [-0.2, -0.15) is 4.99 Å². The van der Waals surface area contributed by atoms with Crippen LogP contribution in [0.4, 0.5) is 5.69 Å². The standard InChI is InChI=1S/C18H17N3O4S/c1-3-9-20-15-11-14(25-2)7-8-16(15)26-18(20)19-17(22)12-5-4-6-13(10-12)21(23)24/h4-8,10-11H,3,9H2,1-2H3. The van der Waals surface area contributed by atoms with E-state index in [0.29, 0.717) is 11.3 Å². The number of aryl methyl sites for hydroxylation is 1. The molecule has 3 aromatic rings. The van der Waals surface area contributed by atoms with Crippen molar-refractivity contribution in [3.63, 3.8) is 0 Å². The third-order valence-electron chi connectivity index (χ3n) is 3.84. The molecule has 1 amide bonds. The van der Waals surface area contributed by atoms with E-state index in [9.17, 15) is 14.9 Å². The van der Waals surface area contributed by atoms with Gasteiger partial charge in [-0.15, -0.1) is 0 Å². The van der Waals surface area contributed by atoms with Crippen LogP contribution in [-0.4, -0.2) is 22.5 Å². The lowest BCUT2D eigenvalue weighted by atomic mass is 10.2. The van der Waals surface area contributed by atoms with Crippen molar-refractivity contribution in [3.05, 3.63) is 62.9 Å². The van der Waals surface area contributed by atoms with Crippen LogP contribution in [0.1, 0.15) is 23.7 Å². The summed E-state index contributed by atoms with van der Waals surface area (Å²) < 4.78 is 8.24. The Balaban J connectivity index is 2.11. The molecular formula is C18H17N3O4S. The largest absolute Gasteiger partial charge is 0.497 e. The topological polar surface area (TPSA) is 86.7 Å². The third kappa shape index (κ3) is 3.50. The van der Waals surface area contributed by atoms with Crippen molar-refractivity contribution in [3.8, 4) is 5.75 Å². The summed E-state index contributed by atoms with van der Waals surface area (Å²) in [6.45, 7) is 2.75. The fraction of sp³-hybridized carbons (Fsp3) is 0.222. The molecule has 1 aromatic heterocycles. The Morgan fingerprint density at radius 1 is 1.31 bits per heavy atom. The van der Waals surface area contributed by atoms with Gasteiger partial charge in [0.25, 0.3) is 11.6 Å². The van der Waals surface area contributed by atoms with Crippen LogP contribution in [0.3, 0.4) is 0 Å². The number of non-ortho nitro benzene ring substituents is 1. The van der Waals surface area contributed by atoms with E-state index >= 15 is 0 Å². The minimum absolute atomic E-state index is 0.131. The molecule has 0 N–H and O–H groups in total. The van der Waals surface area contributed by atoms with Gasteiger partial charge in [0, 0.05) is 30.3 Å². The first kappa shape index (κ1) is 17.8. The van der Waals surface area contributed by atoms with Crippen molar-refractivity contribution in [1.29, 1.82) is 0 Å². The highest BCUT2D eigenvalue weighted by molar-refractivity contribution is 7.16. The first-order valence-corrected chi connectivity index (χ1v) is 8.86. The third-order valence-corrected chi connectivity index (χ3v) is 4.90. The minimum atomic E-state index is -0.528. The van der Waals surface area contributed by atoms with E-state index in [1.807, 2.05) is 29.7 Å². The number of carbonyl (C=O) groups is 1. The molecule has 0 saturated heterocycles. The number of nitro groups is 1. The number of thiazole rings is 1. The number of methoxy groups -OCH3 is 1. The predicted octanol–water partition coefficient (Wildman–Crippen LogP) is 3.77. The monoisotopic (exact) mass is 371 g/mol. The molecule has 0 saturated carbocycles. The number of amides is 1. The number of hydrogen-bond acceptors (Lipinski definition) is 5. The van der Waals surface area contributed by atoms with Gasteiger partial charge in [-0.1, -0.05) is 24.3 Å². The average molecular weight is 371 g/mol. The van der Waals surface area contributed by atoms with Gasteiger partial charge in [0.05, 0.1) is 22.2 Å². The quantitative estimate of drug-likeness (QED) is 0.504. The van der Waals surface area contributed by atoms with Crippen molar-refractivity contribution in [2.75, 3.05) is 7.11 Å². The lowest BCUT2D eigenvalue weighted by molar-refractivity contribution is -0.384. The molecule has 0 fully saturated rings. The summed E-state index contributed by atoms with van der Waals surface area (Å²) in [6.07, 6.45) is 0.876. The van der Waals surface area contributed by atoms with Gasteiger partial charge in [-0.3, -0.25) is 14.9 Å². The molecule has 0 radical (unpaired) electrons. The zero-order valence-corrected chi connectivity index (χ0v) is 15.2. The maximum absolute atomic E-state index is 12.5. The van der Waals surface area contributed by atoms with Gasteiger partial charge in [0.15, 0.2) is 4.80 Å². The number of nitro benzene ring substituents is 1. The van der Waals surface area contributed by atoms with E-state index in [4.69, 9.17) is 4.74 Å². The molecule has 3 rings (SSSR count). The molecule has 26 heavy (non-hydrogen) atoms. The predicted molar refractivity (Wildman–Crippen MR) is 99.6 cm³/mol. The molecule has 1 heterocycles. The number of fused-ring (bicyclic) bond motifs is 1. The summed E-state index contributed by atoms with van der Waals surface area (Å²) in [7, 11) is 1.61. The van der Waals surface area contributed by atoms with Crippen molar-refractivity contribution in [1.82, 2.24) is 4.57 Å². The molecule has 7 nitrogen and oxygen atoms in total. The van der Waals surface area contributed by atoms with E-state index in [1.165, 1.54) is 35.6 Å². The van der Waals surface area contributed by atoms with Crippen molar-refractivity contribution in [2.24, 2.45) is 4.99 Å². The van der Waals surface area contributed by atoms with Gasteiger partial charge in [-0.25, -0.2) is 0 Å². The summed E-state index contributed by atoms with van der Waals surface area (Å²) in [5, 5.41) is 10.9. The average Bonchev–Trinajstić information content (AvgIpc) is 2.98. The van der Waals surface area contributed by atoms with E-state index in [-0.39, 0.29) is 11.3 Å². The maximum Gasteiger partial charge on any atom is 0.279 e.